The van der Waals surface area contributed by atoms with Crippen LogP contribution >= 0.6 is 35.0 Å². The zero-order valence-electron chi connectivity index (χ0n) is 15.8. The van der Waals surface area contributed by atoms with E-state index >= 15 is 0 Å². The Morgan fingerprint density at radius 1 is 1.10 bits per heavy atom. The summed E-state index contributed by atoms with van der Waals surface area (Å²) in [7, 11) is 0. The van der Waals surface area contributed by atoms with E-state index in [1.807, 2.05) is 47.9 Å². The number of thioether (sulfide) groups is 1. The van der Waals surface area contributed by atoms with Gasteiger partial charge in [0.25, 0.3) is 0 Å². The van der Waals surface area contributed by atoms with Crippen molar-refractivity contribution in [3.05, 3.63) is 76.7 Å². The molecule has 0 aliphatic heterocycles. The van der Waals surface area contributed by atoms with Crippen molar-refractivity contribution in [2.75, 3.05) is 11.1 Å². The average Bonchev–Trinajstić information content (AvgIpc) is 3.36. The number of anilines is 1. The molecular formula is C21H16Cl2N4O2S. The van der Waals surface area contributed by atoms with Crippen molar-refractivity contribution in [2.24, 2.45) is 0 Å². The van der Waals surface area contributed by atoms with E-state index in [0.717, 1.165) is 17.0 Å². The molecule has 152 valence electrons. The Hall–Kier alpha value is -2.74. The van der Waals surface area contributed by atoms with E-state index in [0.29, 0.717) is 26.7 Å². The highest BCUT2D eigenvalue weighted by molar-refractivity contribution is 7.99. The molecule has 0 radical (unpaired) electrons. The number of halogens is 2. The molecule has 0 aliphatic carbocycles. The Kier molecular flexibility index (Phi) is 6.13. The number of benzene rings is 2. The monoisotopic (exact) mass is 458 g/mol. The molecular weight excluding hydrogens is 443 g/mol. The molecule has 0 aliphatic rings. The van der Waals surface area contributed by atoms with Crippen LogP contribution in [0.15, 0.2) is 70.4 Å². The van der Waals surface area contributed by atoms with E-state index in [9.17, 15) is 4.79 Å². The SMILES string of the molecule is Cc1occc1-c1nnc(SCC(=O)Nc2cccc(Cl)c2Cl)n1-c1ccccc1. The van der Waals surface area contributed by atoms with Gasteiger partial charge in [0.05, 0.1) is 33.3 Å². The van der Waals surface area contributed by atoms with Crippen molar-refractivity contribution >= 4 is 46.6 Å². The summed E-state index contributed by atoms with van der Waals surface area (Å²) in [5.74, 6) is 1.28. The van der Waals surface area contributed by atoms with Crippen molar-refractivity contribution in [3.63, 3.8) is 0 Å². The first kappa shape index (κ1) is 20.5. The molecule has 0 atom stereocenters. The summed E-state index contributed by atoms with van der Waals surface area (Å²) in [6.45, 7) is 1.87. The highest BCUT2D eigenvalue weighted by atomic mass is 35.5. The zero-order chi connectivity index (χ0) is 21.1. The van der Waals surface area contributed by atoms with Gasteiger partial charge in [-0.2, -0.15) is 0 Å². The van der Waals surface area contributed by atoms with Crippen LogP contribution in [0.2, 0.25) is 10.0 Å². The van der Waals surface area contributed by atoms with E-state index in [1.165, 1.54) is 11.8 Å². The fourth-order valence-electron chi connectivity index (χ4n) is 2.88. The van der Waals surface area contributed by atoms with Crippen molar-refractivity contribution < 1.29 is 9.21 Å². The minimum Gasteiger partial charge on any atom is -0.469 e. The molecule has 4 rings (SSSR count). The van der Waals surface area contributed by atoms with Gasteiger partial charge in [-0.05, 0) is 37.3 Å². The highest BCUT2D eigenvalue weighted by Crippen LogP contribution is 2.31. The summed E-state index contributed by atoms with van der Waals surface area (Å²) in [6.07, 6.45) is 1.61. The summed E-state index contributed by atoms with van der Waals surface area (Å²) in [5.41, 5.74) is 2.20. The maximum Gasteiger partial charge on any atom is 0.234 e. The second-order valence-electron chi connectivity index (χ2n) is 6.31. The van der Waals surface area contributed by atoms with Crippen LogP contribution in [-0.2, 0) is 4.79 Å². The first-order valence-corrected chi connectivity index (χ1v) is 10.7. The van der Waals surface area contributed by atoms with Gasteiger partial charge in [-0.15, -0.1) is 10.2 Å². The molecule has 1 N–H and O–H groups in total. The fraction of sp³-hybridized carbons (Fsp3) is 0.0952. The molecule has 0 saturated carbocycles. The van der Waals surface area contributed by atoms with Crippen LogP contribution in [0.3, 0.4) is 0 Å². The lowest BCUT2D eigenvalue weighted by Gasteiger charge is -2.10. The number of carbonyl (C=O) groups is 1. The second kappa shape index (κ2) is 8.95. The predicted molar refractivity (Wildman–Crippen MR) is 120 cm³/mol. The largest absolute Gasteiger partial charge is 0.469 e. The predicted octanol–water partition coefficient (Wildman–Crippen LogP) is 5.87. The van der Waals surface area contributed by atoms with E-state index in [-0.39, 0.29) is 11.7 Å². The maximum atomic E-state index is 12.5. The Morgan fingerprint density at radius 2 is 1.90 bits per heavy atom. The van der Waals surface area contributed by atoms with Gasteiger partial charge in [-0.1, -0.05) is 59.2 Å². The number of hydrogen-bond donors (Lipinski definition) is 1. The van der Waals surface area contributed by atoms with Crippen LogP contribution in [0.4, 0.5) is 5.69 Å². The molecule has 2 heterocycles. The number of aryl methyl sites for hydroxylation is 1. The number of carbonyl (C=O) groups excluding carboxylic acids is 1. The smallest absolute Gasteiger partial charge is 0.234 e. The lowest BCUT2D eigenvalue weighted by Crippen LogP contribution is -2.15. The third-order valence-electron chi connectivity index (χ3n) is 4.31. The third kappa shape index (κ3) is 4.23. The first-order chi connectivity index (χ1) is 14.5. The normalized spacial score (nSPS) is 10.9. The molecule has 2 aromatic carbocycles. The average molecular weight is 459 g/mol. The van der Waals surface area contributed by atoms with Crippen LogP contribution in [0.5, 0.6) is 0 Å². The minimum atomic E-state index is -0.229. The Labute approximate surface area is 187 Å². The van der Waals surface area contributed by atoms with Gasteiger partial charge in [-0.3, -0.25) is 9.36 Å². The van der Waals surface area contributed by atoms with Crippen LogP contribution < -0.4 is 5.32 Å². The lowest BCUT2D eigenvalue weighted by atomic mass is 10.2. The summed E-state index contributed by atoms with van der Waals surface area (Å²) >= 11 is 13.4. The quantitative estimate of drug-likeness (QED) is 0.365. The standard InChI is InChI=1S/C21H16Cl2N4O2S/c1-13-15(10-11-29-13)20-25-26-21(27(20)14-6-3-2-4-7-14)30-12-18(28)24-17-9-5-8-16(22)19(17)23/h2-11H,12H2,1H3,(H,24,28). The summed E-state index contributed by atoms with van der Waals surface area (Å²) < 4.78 is 7.33. The third-order valence-corrected chi connectivity index (χ3v) is 6.05. The minimum absolute atomic E-state index is 0.123. The Morgan fingerprint density at radius 3 is 2.63 bits per heavy atom. The van der Waals surface area contributed by atoms with Gasteiger partial charge in [0.15, 0.2) is 11.0 Å². The topological polar surface area (TPSA) is 72.9 Å². The molecule has 0 saturated heterocycles. The Bertz CT molecular complexity index is 1190. The van der Waals surface area contributed by atoms with Crippen LogP contribution in [0.1, 0.15) is 5.76 Å². The zero-order valence-corrected chi connectivity index (χ0v) is 18.1. The molecule has 0 fully saturated rings. The number of nitrogens with one attached hydrogen (secondary N) is 1. The first-order valence-electron chi connectivity index (χ1n) is 8.96. The number of rotatable bonds is 6. The highest BCUT2D eigenvalue weighted by Gasteiger charge is 2.20. The van der Waals surface area contributed by atoms with Crippen LogP contribution in [-0.4, -0.2) is 26.4 Å². The van der Waals surface area contributed by atoms with Gasteiger partial charge in [0, 0.05) is 5.69 Å². The molecule has 2 aromatic heterocycles. The number of para-hydroxylation sites is 1. The van der Waals surface area contributed by atoms with Gasteiger partial charge >= 0.3 is 0 Å². The fourth-order valence-corrected chi connectivity index (χ4v) is 3.98. The van der Waals surface area contributed by atoms with Gasteiger partial charge in [0.2, 0.25) is 5.91 Å². The molecule has 0 spiro atoms. The molecule has 4 aromatic rings. The molecule has 6 nitrogen and oxygen atoms in total. The van der Waals surface area contributed by atoms with Crippen molar-refractivity contribution in [3.8, 4) is 17.1 Å². The number of furan rings is 1. The molecule has 9 heteroatoms. The van der Waals surface area contributed by atoms with Crippen molar-refractivity contribution in [2.45, 2.75) is 12.1 Å². The summed E-state index contributed by atoms with van der Waals surface area (Å²) in [6, 6.07) is 16.7. The van der Waals surface area contributed by atoms with Gasteiger partial charge in [-0.25, -0.2) is 0 Å². The van der Waals surface area contributed by atoms with Crippen LogP contribution in [0, 0.1) is 6.92 Å². The van der Waals surface area contributed by atoms with Gasteiger partial charge in [0.1, 0.15) is 5.76 Å². The van der Waals surface area contributed by atoms with Crippen molar-refractivity contribution in [1.82, 2.24) is 14.8 Å². The number of amides is 1. The van der Waals surface area contributed by atoms with Gasteiger partial charge < -0.3 is 9.73 Å². The lowest BCUT2D eigenvalue weighted by molar-refractivity contribution is -0.113. The van der Waals surface area contributed by atoms with Crippen molar-refractivity contribution in [1.29, 1.82) is 0 Å². The van der Waals surface area contributed by atoms with Crippen LogP contribution in [0.25, 0.3) is 17.1 Å². The number of aromatic nitrogens is 3. The Balaban J connectivity index is 1.59. The van der Waals surface area contributed by atoms with E-state index in [2.05, 4.69) is 15.5 Å². The molecule has 0 unspecified atom stereocenters. The summed E-state index contributed by atoms with van der Waals surface area (Å²) in [4.78, 5) is 12.5. The number of hydrogen-bond acceptors (Lipinski definition) is 5. The van der Waals surface area contributed by atoms with E-state index in [4.69, 9.17) is 27.6 Å². The summed E-state index contributed by atoms with van der Waals surface area (Å²) in [5, 5.41) is 12.7. The number of nitrogens with zero attached hydrogens (tertiary/aromatic N) is 3. The maximum absolute atomic E-state index is 12.5. The molecule has 30 heavy (non-hydrogen) atoms. The molecule has 1 amide bonds. The van der Waals surface area contributed by atoms with E-state index in [1.54, 1.807) is 24.5 Å². The molecule has 0 bridgehead atoms. The van der Waals surface area contributed by atoms with E-state index < -0.39 is 0 Å². The second-order valence-corrected chi connectivity index (χ2v) is 8.03.